The minimum absolute atomic E-state index is 0.00602. The molecule has 6 heteroatoms. The van der Waals surface area contributed by atoms with Crippen LogP contribution in [0, 0.1) is 5.82 Å². The van der Waals surface area contributed by atoms with Gasteiger partial charge in [-0.1, -0.05) is 43.3 Å². The molecule has 0 unspecified atom stereocenters. The summed E-state index contributed by atoms with van der Waals surface area (Å²) in [5.74, 6) is -0.849. The van der Waals surface area contributed by atoms with Crippen LogP contribution >= 0.6 is 0 Å². The summed E-state index contributed by atoms with van der Waals surface area (Å²) in [6.07, 6.45) is 0.919. The van der Waals surface area contributed by atoms with Gasteiger partial charge in [-0.05, 0) is 24.1 Å². The number of rotatable bonds is 5. The maximum absolute atomic E-state index is 14.4. The van der Waals surface area contributed by atoms with Gasteiger partial charge in [-0.25, -0.2) is 4.39 Å². The Kier molecular flexibility index (Phi) is 6.29. The van der Waals surface area contributed by atoms with Crippen LogP contribution in [-0.4, -0.2) is 47.9 Å². The van der Waals surface area contributed by atoms with Gasteiger partial charge < -0.3 is 14.5 Å². The van der Waals surface area contributed by atoms with Crippen LogP contribution in [0.15, 0.2) is 48.5 Å². The lowest BCUT2D eigenvalue weighted by Gasteiger charge is -2.31. The largest absolute Gasteiger partial charge is 0.496 e. The van der Waals surface area contributed by atoms with E-state index in [1.807, 2.05) is 42.2 Å². The van der Waals surface area contributed by atoms with Crippen molar-refractivity contribution in [3.05, 3.63) is 65.5 Å². The molecule has 0 radical (unpaired) electrons. The molecule has 1 fully saturated rings. The smallest absolute Gasteiger partial charge is 0.260 e. The van der Waals surface area contributed by atoms with Crippen LogP contribution in [-0.2, 0) is 11.3 Å². The summed E-state index contributed by atoms with van der Waals surface area (Å²) in [5, 5.41) is 0. The molecular weight excluding hydrogens is 359 g/mol. The molecule has 0 bridgehead atoms. The average Bonchev–Trinajstić information content (AvgIpc) is 2.87. The summed E-state index contributed by atoms with van der Waals surface area (Å²) < 4.78 is 19.5. The van der Waals surface area contributed by atoms with Crippen LogP contribution in [0.5, 0.6) is 5.75 Å². The highest BCUT2D eigenvalue weighted by Crippen LogP contribution is 2.25. The van der Waals surface area contributed by atoms with E-state index < -0.39 is 11.7 Å². The second kappa shape index (κ2) is 8.87. The molecule has 2 amide bonds. The van der Waals surface area contributed by atoms with Gasteiger partial charge in [0.15, 0.2) is 0 Å². The number of benzene rings is 2. The highest BCUT2D eigenvalue weighted by Gasteiger charge is 2.32. The standard InChI is InChI=1S/C22H25FN2O3/c1-3-17-15-24(22(27)21-18(23)10-7-11-19(21)28-2)13-12-20(26)25(17)14-16-8-5-4-6-9-16/h4-11,17H,3,12-15H2,1-2H3/t17-/m0/s1. The average molecular weight is 384 g/mol. The van der Waals surface area contributed by atoms with Crippen molar-refractivity contribution in [1.29, 1.82) is 0 Å². The zero-order valence-electron chi connectivity index (χ0n) is 16.2. The summed E-state index contributed by atoms with van der Waals surface area (Å²) in [6, 6.07) is 14.0. The zero-order valence-corrected chi connectivity index (χ0v) is 16.2. The van der Waals surface area contributed by atoms with Crippen molar-refractivity contribution in [3.8, 4) is 5.75 Å². The molecule has 1 atom stereocenters. The molecule has 0 saturated carbocycles. The molecule has 2 aromatic rings. The van der Waals surface area contributed by atoms with Gasteiger partial charge in [-0.15, -0.1) is 0 Å². The molecule has 148 valence electrons. The number of ether oxygens (including phenoxy) is 1. The van der Waals surface area contributed by atoms with Gasteiger partial charge >= 0.3 is 0 Å². The second-order valence-corrected chi connectivity index (χ2v) is 6.89. The van der Waals surface area contributed by atoms with Crippen molar-refractivity contribution in [2.75, 3.05) is 20.2 Å². The summed E-state index contributed by atoms with van der Waals surface area (Å²) in [4.78, 5) is 29.2. The molecule has 3 rings (SSSR count). The Bertz CT molecular complexity index is 841. The monoisotopic (exact) mass is 384 g/mol. The predicted molar refractivity (Wildman–Crippen MR) is 105 cm³/mol. The van der Waals surface area contributed by atoms with Crippen LogP contribution in [0.3, 0.4) is 0 Å². The van der Waals surface area contributed by atoms with Gasteiger partial charge in [0, 0.05) is 32.1 Å². The third kappa shape index (κ3) is 4.16. The highest BCUT2D eigenvalue weighted by atomic mass is 19.1. The molecule has 28 heavy (non-hydrogen) atoms. The molecular formula is C22H25FN2O3. The summed E-state index contributed by atoms with van der Waals surface area (Å²) >= 11 is 0. The van der Waals surface area contributed by atoms with E-state index in [0.717, 1.165) is 5.56 Å². The minimum atomic E-state index is -0.617. The van der Waals surface area contributed by atoms with E-state index in [2.05, 4.69) is 0 Å². The molecule has 1 aliphatic heterocycles. The quantitative estimate of drug-likeness (QED) is 0.793. The lowest BCUT2D eigenvalue weighted by atomic mass is 10.1. The number of carbonyl (C=O) groups excluding carboxylic acids is 2. The minimum Gasteiger partial charge on any atom is -0.496 e. The van der Waals surface area contributed by atoms with Crippen LogP contribution < -0.4 is 4.74 Å². The van der Waals surface area contributed by atoms with E-state index in [1.54, 1.807) is 11.0 Å². The third-order valence-electron chi connectivity index (χ3n) is 5.15. The van der Waals surface area contributed by atoms with Crippen molar-refractivity contribution >= 4 is 11.8 Å². The van der Waals surface area contributed by atoms with Gasteiger partial charge in [-0.3, -0.25) is 9.59 Å². The third-order valence-corrected chi connectivity index (χ3v) is 5.15. The Morgan fingerprint density at radius 1 is 1.18 bits per heavy atom. The van der Waals surface area contributed by atoms with Gasteiger partial charge in [0.1, 0.15) is 17.1 Å². The Hall–Kier alpha value is -2.89. The van der Waals surface area contributed by atoms with E-state index in [0.29, 0.717) is 19.5 Å². The van der Waals surface area contributed by atoms with Crippen molar-refractivity contribution in [2.24, 2.45) is 0 Å². The predicted octanol–water partition coefficient (Wildman–Crippen LogP) is 3.49. The SMILES string of the molecule is CC[C@H]1CN(C(=O)c2c(F)cccc2OC)CCC(=O)N1Cc1ccccc1. The Balaban J connectivity index is 1.84. The second-order valence-electron chi connectivity index (χ2n) is 6.89. The number of methoxy groups -OCH3 is 1. The number of halogens is 1. The normalized spacial score (nSPS) is 17.4. The fourth-order valence-electron chi connectivity index (χ4n) is 3.59. The van der Waals surface area contributed by atoms with Crippen LogP contribution in [0.25, 0.3) is 0 Å². The number of amides is 2. The van der Waals surface area contributed by atoms with Crippen LogP contribution in [0.1, 0.15) is 35.7 Å². The van der Waals surface area contributed by atoms with E-state index in [4.69, 9.17) is 4.74 Å². The van der Waals surface area contributed by atoms with Crippen LogP contribution in [0.2, 0.25) is 0 Å². The van der Waals surface area contributed by atoms with Crippen molar-refractivity contribution in [3.63, 3.8) is 0 Å². The summed E-state index contributed by atoms with van der Waals surface area (Å²) in [5.41, 5.74) is 0.966. The Morgan fingerprint density at radius 3 is 2.61 bits per heavy atom. The molecule has 0 aliphatic carbocycles. The fourth-order valence-corrected chi connectivity index (χ4v) is 3.59. The molecule has 0 aromatic heterocycles. The van der Waals surface area contributed by atoms with Crippen LogP contribution in [0.4, 0.5) is 4.39 Å². The molecule has 2 aromatic carbocycles. The maximum atomic E-state index is 14.4. The van der Waals surface area contributed by atoms with E-state index in [9.17, 15) is 14.0 Å². The Morgan fingerprint density at radius 2 is 1.93 bits per heavy atom. The van der Waals surface area contributed by atoms with E-state index >= 15 is 0 Å². The van der Waals surface area contributed by atoms with Crippen molar-refractivity contribution in [2.45, 2.75) is 32.4 Å². The van der Waals surface area contributed by atoms with Gasteiger partial charge in [0.2, 0.25) is 5.91 Å². The molecule has 1 heterocycles. The molecule has 5 nitrogen and oxygen atoms in total. The summed E-state index contributed by atoms with van der Waals surface area (Å²) in [7, 11) is 1.41. The first kappa shape index (κ1) is 19.9. The van der Waals surface area contributed by atoms with Gasteiger partial charge in [0.05, 0.1) is 7.11 Å². The lowest BCUT2D eigenvalue weighted by molar-refractivity contribution is -0.133. The molecule has 1 saturated heterocycles. The molecule has 0 spiro atoms. The number of hydrogen-bond acceptors (Lipinski definition) is 3. The number of carbonyl (C=O) groups is 2. The number of hydrogen-bond donors (Lipinski definition) is 0. The fraction of sp³-hybridized carbons (Fsp3) is 0.364. The van der Waals surface area contributed by atoms with E-state index in [-0.39, 0.29) is 36.2 Å². The number of nitrogens with zero attached hydrogens (tertiary/aromatic N) is 2. The van der Waals surface area contributed by atoms with E-state index in [1.165, 1.54) is 19.2 Å². The first-order chi connectivity index (χ1) is 13.5. The zero-order chi connectivity index (χ0) is 20.1. The van der Waals surface area contributed by atoms with Gasteiger partial charge in [0.25, 0.3) is 5.91 Å². The topological polar surface area (TPSA) is 49.9 Å². The van der Waals surface area contributed by atoms with Crippen molar-refractivity contribution < 1.29 is 18.7 Å². The molecule has 1 aliphatic rings. The van der Waals surface area contributed by atoms with Gasteiger partial charge in [-0.2, -0.15) is 0 Å². The first-order valence-corrected chi connectivity index (χ1v) is 9.50. The molecule has 0 N–H and O–H groups in total. The summed E-state index contributed by atoms with van der Waals surface area (Å²) in [6.45, 7) is 3.12. The van der Waals surface area contributed by atoms with Crippen molar-refractivity contribution in [1.82, 2.24) is 9.80 Å². The Labute approximate surface area is 164 Å². The highest BCUT2D eigenvalue weighted by molar-refractivity contribution is 5.97. The first-order valence-electron chi connectivity index (χ1n) is 9.50. The lowest BCUT2D eigenvalue weighted by Crippen LogP contribution is -2.44. The maximum Gasteiger partial charge on any atom is 0.260 e.